The maximum atomic E-state index is 13.6. The number of ether oxygens (including phenoxy) is 2. The van der Waals surface area contributed by atoms with Crippen LogP contribution in [0.3, 0.4) is 0 Å². The van der Waals surface area contributed by atoms with Crippen LogP contribution in [-0.4, -0.2) is 53.7 Å². The van der Waals surface area contributed by atoms with E-state index in [1.54, 1.807) is 18.2 Å². The van der Waals surface area contributed by atoms with E-state index in [1.165, 1.54) is 5.56 Å². The maximum absolute atomic E-state index is 13.6. The van der Waals surface area contributed by atoms with Gasteiger partial charge in [0.1, 0.15) is 11.6 Å². The Morgan fingerprint density at radius 3 is 2.84 bits per heavy atom. The van der Waals surface area contributed by atoms with Gasteiger partial charge in [0.25, 0.3) is 0 Å². The Hall–Kier alpha value is -3.03. The van der Waals surface area contributed by atoms with Crippen molar-refractivity contribution < 1.29 is 24.2 Å². The molecule has 1 saturated carbocycles. The van der Waals surface area contributed by atoms with Crippen LogP contribution in [0.1, 0.15) is 48.8 Å². The summed E-state index contributed by atoms with van der Waals surface area (Å²) in [6, 6.07) is 11.2. The fourth-order valence-corrected chi connectivity index (χ4v) is 8.27. The van der Waals surface area contributed by atoms with Gasteiger partial charge in [0, 0.05) is 39.9 Å². The van der Waals surface area contributed by atoms with Gasteiger partial charge in [0.2, 0.25) is 0 Å². The van der Waals surface area contributed by atoms with E-state index < -0.39 is 23.8 Å². The highest BCUT2D eigenvalue weighted by atomic mass is 35.5. The van der Waals surface area contributed by atoms with Crippen LogP contribution in [0, 0.1) is 5.92 Å². The number of Topliss-reactive ketones (excluding diaryl/α,β-unsaturated/α-hetero) is 1. The normalized spacial score (nSPS) is 34.8. The Kier molecular flexibility index (Phi) is 5.37. The summed E-state index contributed by atoms with van der Waals surface area (Å²) < 4.78 is 12.6. The minimum Gasteiger partial charge on any atom is -0.504 e. The summed E-state index contributed by atoms with van der Waals surface area (Å²) in [7, 11) is 2.16. The number of piperidine rings is 1. The number of alkyl carbamates (subject to hydrolysis) is 1. The average molecular weight is 535 g/mol. The molecule has 1 amide bonds. The second-order valence-electron chi connectivity index (χ2n) is 11.4. The third-order valence-corrected chi connectivity index (χ3v) is 10.0. The number of benzene rings is 2. The molecule has 2 aromatic rings. The molecule has 0 unspecified atom stereocenters. The number of phenols is 1. The Morgan fingerprint density at radius 2 is 2.03 bits per heavy atom. The van der Waals surface area contributed by atoms with E-state index in [2.05, 4.69) is 23.3 Å². The number of hydrogen-bond donors (Lipinski definition) is 2. The molecule has 0 aromatic heterocycles. The number of phenolic OH excluding ortho intramolecular Hbond substituents is 1. The van der Waals surface area contributed by atoms with Gasteiger partial charge in [-0.05, 0) is 69.5 Å². The summed E-state index contributed by atoms with van der Waals surface area (Å²) in [5, 5.41) is 14.1. The molecule has 2 aromatic carbocycles. The minimum atomic E-state index is -1.22. The first-order chi connectivity index (χ1) is 18.3. The first kappa shape index (κ1) is 24.0. The number of nitrogens with one attached hydrogen (secondary N) is 1. The minimum absolute atomic E-state index is 0.0591. The van der Waals surface area contributed by atoms with Crippen molar-refractivity contribution in [2.75, 3.05) is 13.6 Å². The molecule has 2 aliphatic heterocycles. The summed E-state index contributed by atoms with van der Waals surface area (Å²) in [5.74, 6) is 0.779. The van der Waals surface area contributed by atoms with Gasteiger partial charge >= 0.3 is 6.09 Å². The summed E-state index contributed by atoms with van der Waals surface area (Å²) in [4.78, 5) is 29.3. The summed E-state index contributed by atoms with van der Waals surface area (Å²) in [6.07, 6.45) is 6.45. The summed E-state index contributed by atoms with van der Waals surface area (Å²) in [5.41, 5.74) is 1.27. The van der Waals surface area contributed by atoms with Gasteiger partial charge in [-0.1, -0.05) is 41.9 Å². The van der Waals surface area contributed by atoms with E-state index >= 15 is 0 Å². The van der Waals surface area contributed by atoms with Crippen molar-refractivity contribution in [3.63, 3.8) is 0 Å². The molecule has 2 fully saturated rings. The predicted molar refractivity (Wildman–Crippen MR) is 142 cm³/mol. The molecule has 0 radical (unpaired) electrons. The molecule has 1 saturated heterocycles. The van der Waals surface area contributed by atoms with Crippen molar-refractivity contribution in [2.24, 2.45) is 5.92 Å². The Balaban J connectivity index is 1.23. The number of halogens is 1. The van der Waals surface area contributed by atoms with E-state index in [0.717, 1.165) is 37.8 Å². The smallest absolute Gasteiger partial charge is 0.408 e. The van der Waals surface area contributed by atoms with Crippen LogP contribution in [0.2, 0.25) is 5.02 Å². The fraction of sp³-hybridized carbons (Fsp3) is 0.467. The summed E-state index contributed by atoms with van der Waals surface area (Å²) in [6.45, 7) is 0.895. The van der Waals surface area contributed by atoms with Gasteiger partial charge in [-0.15, -0.1) is 0 Å². The van der Waals surface area contributed by atoms with E-state index in [4.69, 9.17) is 21.1 Å². The molecule has 2 heterocycles. The lowest BCUT2D eigenvalue weighted by molar-refractivity contribution is -0.128. The number of likely N-dealkylation sites (tertiary alicyclic amines) is 1. The maximum Gasteiger partial charge on any atom is 0.408 e. The van der Waals surface area contributed by atoms with Crippen LogP contribution < -0.4 is 10.1 Å². The van der Waals surface area contributed by atoms with Crippen molar-refractivity contribution in [1.82, 2.24) is 10.2 Å². The third kappa shape index (κ3) is 3.18. The number of rotatable bonds is 3. The second-order valence-corrected chi connectivity index (χ2v) is 11.9. The molecule has 38 heavy (non-hydrogen) atoms. The van der Waals surface area contributed by atoms with E-state index in [0.29, 0.717) is 35.2 Å². The lowest BCUT2D eigenvalue weighted by atomic mass is 9.53. The molecule has 5 aliphatic rings. The van der Waals surface area contributed by atoms with Crippen LogP contribution in [0.15, 0.2) is 48.6 Å². The lowest BCUT2D eigenvalue weighted by Crippen LogP contribution is -2.65. The number of carbonyl (C=O) groups excluding carboxylic acids is 2. The van der Waals surface area contributed by atoms with Crippen molar-refractivity contribution in [3.8, 4) is 11.5 Å². The largest absolute Gasteiger partial charge is 0.504 e. The van der Waals surface area contributed by atoms with Gasteiger partial charge in [-0.25, -0.2) is 4.79 Å². The average Bonchev–Trinajstić information content (AvgIpc) is 3.26. The van der Waals surface area contributed by atoms with E-state index in [1.807, 2.05) is 24.3 Å². The van der Waals surface area contributed by atoms with Crippen molar-refractivity contribution >= 4 is 23.5 Å². The molecular weight excluding hydrogens is 504 g/mol. The van der Waals surface area contributed by atoms with Gasteiger partial charge in [-0.3, -0.25) is 4.79 Å². The Bertz CT molecular complexity index is 1380. The molecule has 6 atom stereocenters. The highest BCUT2D eigenvalue weighted by Gasteiger charge is 2.65. The fourth-order valence-electron chi connectivity index (χ4n) is 7.97. The van der Waals surface area contributed by atoms with Crippen LogP contribution in [-0.2, 0) is 26.9 Å². The molecule has 1 spiro atoms. The van der Waals surface area contributed by atoms with Crippen LogP contribution >= 0.6 is 11.6 Å². The Morgan fingerprint density at radius 1 is 1.18 bits per heavy atom. The van der Waals surface area contributed by atoms with Gasteiger partial charge < -0.3 is 24.8 Å². The zero-order chi connectivity index (χ0) is 26.2. The number of aromatic hydroxyl groups is 1. The second kappa shape index (κ2) is 8.48. The Labute approximate surface area is 226 Å². The number of nitrogens with zero attached hydrogens (tertiary/aromatic N) is 1. The molecule has 7 rings (SSSR count). The highest BCUT2D eigenvalue weighted by Crippen LogP contribution is 2.62. The number of carbonyl (C=O) groups is 2. The standard InChI is InChI=1S/C30H31ClN2O5/c1-33-15-14-29-19-10-12-23(27(29)38-26-22(34)11-9-17(25(26)29)16-21(19)33)37-28(36)32-30(13-5-4-8-24(30)35)18-6-2-3-7-20(18)31/h2-3,6-7,9-12,19,21,23,27,34H,4-5,8,13-16H2,1H3,(H,32,36)/t19-,21+,23-,27-,29-,30+/m0/s1. The van der Waals surface area contributed by atoms with E-state index in [-0.39, 0.29) is 22.9 Å². The summed E-state index contributed by atoms with van der Waals surface area (Å²) >= 11 is 6.53. The molecule has 2 N–H and O–H groups in total. The highest BCUT2D eigenvalue weighted by molar-refractivity contribution is 6.31. The topological polar surface area (TPSA) is 88.1 Å². The van der Waals surface area contributed by atoms with Gasteiger partial charge in [-0.2, -0.15) is 0 Å². The molecule has 8 heteroatoms. The molecule has 198 valence electrons. The first-order valence-corrected chi connectivity index (χ1v) is 13.9. The number of likely N-dealkylation sites (N-methyl/N-ethyl adjacent to an activating group) is 1. The van der Waals surface area contributed by atoms with Crippen molar-refractivity contribution in [2.45, 2.75) is 67.7 Å². The zero-order valence-electron chi connectivity index (χ0n) is 21.3. The monoisotopic (exact) mass is 534 g/mol. The van der Waals surface area contributed by atoms with Gasteiger partial charge in [0.05, 0.1) is 0 Å². The molecule has 3 aliphatic carbocycles. The van der Waals surface area contributed by atoms with E-state index in [9.17, 15) is 14.7 Å². The quantitative estimate of drug-likeness (QED) is 0.559. The van der Waals surface area contributed by atoms with Crippen LogP contribution in [0.5, 0.6) is 11.5 Å². The van der Waals surface area contributed by atoms with Gasteiger partial charge in [0.15, 0.2) is 23.4 Å². The van der Waals surface area contributed by atoms with Crippen LogP contribution in [0.4, 0.5) is 4.79 Å². The zero-order valence-corrected chi connectivity index (χ0v) is 22.0. The number of ketones is 1. The number of hydrogen-bond acceptors (Lipinski definition) is 6. The SMILES string of the molecule is CN1CC[C@]23c4c5ccc(O)c4O[C@H]2[C@@H](OC(=O)N[C@@]2(c4ccccc4Cl)CCCCC2=O)C=C[C@H]3[C@H]1C5. The molecule has 2 bridgehead atoms. The predicted octanol–water partition coefficient (Wildman–Crippen LogP) is 4.62. The van der Waals surface area contributed by atoms with Crippen molar-refractivity contribution in [3.05, 3.63) is 70.3 Å². The molecule has 7 nitrogen and oxygen atoms in total. The first-order valence-electron chi connectivity index (χ1n) is 13.5. The third-order valence-electron chi connectivity index (χ3n) is 9.70. The molecular formula is C30H31ClN2O5. The lowest BCUT2D eigenvalue weighted by Gasteiger charge is -2.56. The van der Waals surface area contributed by atoms with Crippen LogP contribution in [0.25, 0.3) is 0 Å². The number of amides is 1. The van der Waals surface area contributed by atoms with Crippen molar-refractivity contribution in [1.29, 1.82) is 0 Å².